The molecule has 0 fully saturated rings. The lowest BCUT2D eigenvalue weighted by atomic mass is 10.0. The Morgan fingerprint density at radius 2 is 1.69 bits per heavy atom. The summed E-state index contributed by atoms with van der Waals surface area (Å²) in [6.07, 6.45) is 0. The summed E-state index contributed by atoms with van der Waals surface area (Å²) in [6, 6.07) is 21.3. The molecule has 0 atom stereocenters. The van der Waals surface area contributed by atoms with E-state index < -0.39 is 0 Å². The van der Waals surface area contributed by atoms with Crippen molar-refractivity contribution in [3.8, 4) is 6.07 Å². The first-order valence-electron chi connectivity index (χ1n) is 5.11. The zero-order valence-electron chi connectivity index (χ0n) is 8.57. The van der Waals surface area contributed by atoms with Crippen molar-refractivity contribution in [2.24, 2.45) is 0 Å². The molecular formula is C15H8N. The van der Waals surface area contributed by atoms with E-state index in [9.17, 15) is 0 Å². The summed E-state index contributed by atoms with van der Waals surface area (Å²) < 4.78 is 0. The summed E-state index contributed by atoms with van der Waals surface area (Å²) in [5.74, 6) is 0. The van der Waals surface area contributed by atoms with Gasteiger partial charge in [-0.1, -0.05) is 24.3 Å². The number of hydrogen-bond acceptors (Lipinski definition) is 1. The Morgan fingerprint density at radius 3 is 2.44 bits per heavy atom. The molecule has 0 heterocycles. The second kappa shape index (κ2) is 3.36. The van der Waals surface area contributed by atoms with Gasteiger partial charge in [0.2, 0.25) is 0 Å². The summed E-state index contributed by atoms with van der Waals surface area (Å²) in [5.41, 5.74) is 0.655. The van der Waals surface area contributed by atoms with Crippen LogP contribution in [-0.4, -0.2) is 0 Å². The van der Waals surface area contributed by atoms with Crippen LogP contribution in [0, 0.1) is 17.4 Å². The summed E-state index contributed by atoms with van der Waals surface area (Å²) in [4.78, 5) is 0. The molecule has 0 amide bonds. The molecule has 0 aliphatic rings. The van der Waals surface area contributed by atoms with Gasteiger partial charge in [-0.3, -0.25) is 0 Å². The predicted octanol–water partition coefficient (Wildman–Crippen LogP) is 3.66. The molecule has 16 heavy (non-hydrogen) atoms. The van der Waals surface area contributed by atoms with Crippen LogP contribution in [-0.2, 0) is 0 Å². The van der Waals surface area contributed by atoms with E-state index in [4.69, 9.17) is 5.26 Å². The van der Waals surface area contributed by atoms with Gasteiger partial charge in [0, 0.05) is 0 Å². The van der Waals surface area contributed by atoms with Gasteiger partial charge >= 0.3 is 0 Å². The Bertz CT molecular complexity index is 720. The highest BCUT2D eigenvalue weighted by Crippen LogP contribution is 2.23. The minimum Gasteiger partial charge on any atom is -0.192 e. The predicted molar refractivity (Wildman–Crippen MR) is 65.0 cm³/mol. The fourth-order valence-corrected chi connectivity index (χ4v) is 1.93. The first kappa shape index (κ1) is 8.94. The van der Waals surface area contributed by atoms with Gasteiger partial charge in [-0.15, -0.1) is 0 Å². The van der Waals surface area contributed by atoms with Crippen molar-refractivity contribution in [2.75, 3.05) is 0 Å². The van der Waals surface area contributed by atoms with Crippen molar-refractivity contribution in [1.82, 2.24) is 0 Å². The lowest BCUT2D eigenvalue weighted by molar-refractivity contribution is 1.50. The minimum absolute atomic E-state index is 0.655. The van der Waals surface area contributed by atoms with E-state index in [1.807, 2.05) is 18.2 Å². The first-order chi connectivity index (χ1) is 7.86. The van der Waals surface area contributed by atoms with Gasteiger partial charge in [0.05, 0.1) is 11.6 Å². The highest BCUT2D eigenvalue weighted by Gasteiger charge is 1.99. The Hall–Kier alpha value is -2.33. The number of benzene rings is 3. The molecule has 73 valence electrons. The van der Waals surface area contributed by atoms with Crippen LogP contribution in [0.25, 0.3) is 21.5 Å². The summed E-state index contributed by atoms with van der Waals surface area (Å²) >= 11 is 0. The third kappa shape index (κ3) is 1.32. The molecule has 0 saturated heterocycles. The third-order valence-electron chi connectivity index (χ3n) is 2.74. The Labute approximate surface area is 93.6 Å². The van der Waals surface area contributed by atoms with E-state index in [2.05, 4.69) is 36.4 Å². The highest BCUT2D eigenvalue weighted by atomic mass is 14.2. The molecule has 0 saturated carbocycles. The van der Waals surface area contributed by atoms with Gasteiger partial charge < -0.3 is 0 Å². The van der Waals surface area contributed by atoms with E-state index in [0.29, 0.717) is 5.56 Å². The fraction of sp³-hybridized carbons (Fsp3) is 0. The number of hydrogen-bond donors (Lipinski definition) is 0. The van der Waals surface area contributed by atoms with E-state index >= 15 is 0 Å². The monoisotopic (exact) mass is 202 g/mol. The average Bonchev–Trinajstić information content (AvgIpc) is 2.35. The van der Waals surface area contributed by atoms with E-state index in [1.54, 1.807) is 6.07 Å². The van der Waals surface area contributed by atoms with E-state index in [1.165, 1.54) is 10.8 Å². The van der Waals surface area contributed by atoms with E-state index in [0.717, 1.165) is 10.8 Å². The van der Waals surface area contributed by atoms with Gasteiger partial charge in [0.15, 0.2) is 0 Å². The van der Waals surface area contributed by atoms with Crippen LogP contribution in [0.3, 0.4) is 0 Å². The number of nitrogens with zero attached hydrogens (tertiary/aromatic N) is 1. The van der Waals surface area contributed by atoms with Gasteiger partial charge in [-0.25, -0.2) is 0 Å². The van der Waals surface area contributed by atoms with Crippen LogP contribution in [0.15, 0.2) is 48.5 Å². The van der Waals surface area contributed by atoms with Crippen LogP contribution >= 0.6 is 0 Å². The Kier molecular flexibility index (Phi) is 1.88. The molecule has 0 aliphatic heterocycles. The molecular weight excluding hydrogens is 194 g/mol. The lowest BCUT2D eigenvalue weighted by Crippen LogP contribution is -1.78. The van der Waals surface area contributed by atoms with Crippen LogP contribution < -0.4 is 0 Å². The molecule has 0 unspecified atom stereocenters. The second-order valence-electron chi connectivity index (χ2n) is 3.79. The standard InChI is InChI=1S/C15H8N/c16-10-11-5-6-14-8-12-3-1-2-4-13(12)9-15(14)7-11/h1-5,7-9H. The normalized spacial score (nSPS) is 10.4. The van der Waals surface area contributed by atoms with Crippen molar-refractivity contribution in [2.45, 2.75) is 0 Å². The molecule has 0 N–H and O–H groups in total. The zero-order valence-corrected chi connectivity index (χ0v) is 8.57. The SMILES string of the molecule is N#Cc1c[c]c2cc3ccccc3cc2c1. The third-order valence-corrected chi connectivity index (χ3v) is 2.74. The average molecular weight is 202 g/mol. The molecule has 3 rings (SSSR count). The zero-order chi connectivity index (χ0) is 11.0. The molecule has 3 aromatic carbocycles. The molecule has 0 spiro atoms. The smallest absolute Gasteiger partial charge is 0.0992 e. The largest absolute Gasteiger partial charge is 0.192 e. The summed E-state index contributed by atoms with van der Waals surface area (Å²) in [5, 5.41) is 13.4. The topological polar surface area (TPSA) is 23.8 Å². The Morgan fingerprint density at radius 1 is 0.938 bits per heavy atom. The van der Waals surface area contributed by atoms with Gasteiger partial charge in [-0.05, 0) is 51.9 Å². The molecule has 0 bridgehead atoms. The molecule has 3 aromatic rings. The van der Waals surface area contributed by atoms with Crippen LogP contribution in [0.5, 0.6) is 0 Å². The highest BCUT2D eigenvalue weighted by molar-refractivity contribution is 5.98. The van der Waals surface area contributed by atoms with Crippen LogP contribution in [0.1, 0.15) is 5.56 Å². The molecule has 0 aliphatic carbocycles. The van der Waals surface area contributed by atoms with Crippen LogP contribution in [0.2, 0.25) is 0 Å². The van der Waals surface area contributed by atoms with Gasteiger partial charge in [0.25, 0.3) is 0 Å². The second-order valence-corrected chi connectivity index (χ2v) is 3.79. The van der Waals surface area contributed by atoms with Crippen molar-refractivity contribution in [3.63, 3.8) is 0 Å². The maximum absolute atomic E-state index is 8.84. The quantitative estimate of drug-likeness (QED) is 0.510. The maximum atomic E-state index is 8.84. The number of nitriles is 1. The molecule has 1 radical (unpaired) electrons. The van der Waals surface area contributed by atoms with Crippen molar-refractivity contribution in [3.05, 3.63) is 60.2 Å². The van der Waals surface area contributed by atoms with Crippen molar-refractivity contribution >= 4 is 21.5 Å². The van der Waals surface area contributed by atoms with Gasteiger partial charge in [-0.2, -0.15) is 5.26 Å². The summed E-state index contributed by atoms with van der Waals surface area (Å²) in [7, 11) is 0. The van der Waals surface area contributed by atoms with Crippen LogP contribution in [0.4, 0.5) is 0 Å². The lowest BCUT2D eigenvalue weighted by Gasteiger charge is -2.01. The Balaban J connectivity index is 2.43. The van der Waals surface area contributed by atoms with Crippen molar-refractivity contribution < 1.29 is 0 Å². The minimum atomic E-state index is 0.655. The van der Waals surface area contributed by atoms with E-state index in [-0.39, 0.29) is 0 Å². The fourth-order valence-electron chi connectivity index (χ4n) is 1.93. The first-order valence-corrected chi connectivity index (χ1v) is 5.11. The maximum Gasteiger partial charge on any atom is 0.0992 e. The molecule has 1 nitrogen and oxygen atoms in total. The molecule has 0 aromatic heterocycles. The molecule has 1 heteroatoms. The van der Waals surface area contributed by atoms with Gasteiger partial charge in [0.1, 0.15) is 0 Å². The number of fused-ring (bicyclic) bond motifs is 2. The summed E-state index contributed by atoms with van der Waals surface area (Å²) in [6.45, 7) is 0. The number of rotatable bonds is 0. The van der Waals surface area contributed by atoms with Crippen molar-refractivity contribution in [1.29, 1.82) is 5.26 Å².